The standard InChI is InChI=1S/C19H18FN5O2/c1-10-11(2)21-19(23-17(10)26)25-16(9-15(24-25)12-6-7-12)22-18(27)13-4-3-5-14(20)8-13/h3-5,8-9,12H,6-7H2,1-2H3,(H,22,27)(H,21,23,26). The molecular weight excluding hydrogens is 349 g/mol. The zero-order valence-corrected chi connectivity index (χ0v) is 14.9. The summed E-state index contributed by atoms with van der Waals surface area (Å²) in [5.41, 5.74) is 1.87. The molecule has 0 bridgehead atoms. The number of carbonyl (C=O) groups excluding carboxylic acids is 1. The molecule has 0 saturated heterocycles. The normalized spacial score (nSPS) is 13.6. The topological polar surface area (TPSA) is 92.7 Å². The molecule has 1 saturated carbocycles. The molecule has 4 rings (SSSR count). The maximum absolute atomic E-state index is 13.4. The van der Waals surface area contributed by atoms with Crippen LogP contribution in [0.2, 0.25) is 0 Å². The van der Waals surface area contributed by atoms with E-state index in [0.717, 1.165) is 24.6 Å². The van der Waals surface area contributed by atoms with Gasteiger partial charge >= 0.3 is 0 Å². The molecule has 1 aliphatic rings. The highest BCUT2D eigenvalue weighted by Gasteiger charge is 2.28. The fourth-order valence-electron chi connectivity index (χ4n) is 2.78. The number of hydrogen-bond donors (Lipinski definition) is 2. The number of hydrogen-bond acceptors (Lipinski definition) is 4. The first-order valence-electron chi connectivity index (χ1n) is 8.67. The Hall–Kier alpha value is -3.29. The maximum Gasteiger partial charge on any atom is 0.256 e. The molecule has 3 aromatic rings. The molecule has 2 aromatic heterocycles. The van der Waals surface area contributed by atoms with Crippen molar-refractivity contribution in [1.29, 1.82) is 0 Å². The van der Waals surface area contributed by atoms with Crippen LogP contribution in [0.15, 0.2) is 35.1 Å². The average molecular weight is 367 g/mol. The van der Waals surface area contributed by atoms with Crippen LogP contribution >= 0.6 is 0 Å². The Kier molecular flexibility index (Phi) is 4.10. The zero-order valence-electron chi connectivity index (χ0n) is 14.9. The first kappa shape index (κ1) is 17.1. The Bertz CT molecular complexity index is 1100. The Morgan fingerprint density at radius 1 is 1.30 bits per heavy atom. The van der Waals surface area contributed by atoms with E-state index in [2.05, 4.69) is 20.4 Å². The van der Waals surface area contributed by atoms with Gasteiger partial charge in [-0.05, 0) is 44.9 Å². The van der Waals surface area contributed by atoms with Gasteiger partial charge in [-0.3, -0.25) is 14.6 Å². The molecule has 1 amide bonds. The number of amides is 1. The summed E-state index contributed by atoms with van der Waals surface area (Å²) in [5, 5.41) is 7.26. The lowest BCUT2D eigenvalue weighted by Gasteiger charge is -2.09. The van der Waals surface area contributed by atoms with Crippen LogP contribution in [0, 0.1) is 19.7 Å². The van der Waals surface area contributed by atoms with Crippen LogP contribution in [0.1, 0.15) is 46.1 Å². The summed E-state index contributed by atoms with van der Waals surface area (Å²) in [7, 11) is 0. The van der Waals surface area contributed by atoms with Gasteiger partial charge < -0.3 is 5.32 Å². The van der Waals surface area contributed by atoms with Crippen molar-refractivity contribution in [3.63, 3.8) is 0 Å². The van der Waals surface area contributed by atoms with Gasteiger partial charge in [0.1, 0.15) is 11.6 Å². The summed E-state index contributed by atoms with van der Waals surface area (Å²) >= 11 is 0. The van der Waals surface area contributed by atoms with E-state index in [1.54, 1.807) is 19.9 Å². The Morgan fingerprint density at radius 3 is 2.74 bits per heavy atom. The van der Waals surface area contributed by atoms with Crippen LogP contribution < -0.4 is 10.9 Å². The fraction of sp³-hybridized carbons (Fsp3) is 0.263. The lowest BCUT2D eigenvalue weighted by Crippen LogP contribution is -2.20. The zero-order chi connectivity index (χ0) is 19.1. The summed E-state index contributed by atoms with van der Waals surface area (Å²) in [6.07, 6.45) is 2.07. The van der Waals surface area contributed by atoms with E-state index in [1.807, 2.05) is 0 Å². The van der Waals surface area contributed by atoms with Crippen molar-refractivity contribution in [2.24, 2.45) is 0 Å². The van der Waals surface area contributed by atoms with Gasteiger partial charge in [0.05, 0.1) is 5.69 Å². The predicted molar refractivity (Wildman–Crippen MR) is 97.8 cm³/mol. The van der Waals surface area contributed by atoms with E-state index >= 15 is 0 Å². The first-order chi connectivity index (χ1) is 12.9. The van der Waals surface area contributed by atoms with Crippen LogP contribution in [-0.2, 0) is 0 Å². The SMILES string of the molecule is Cc1nc(-n2nc(C3CC3)cc2NC(=O)c2cccc(F)c2)[nH]c(=O)c1C. The van der Waals surface area contributed by atoms with Crippen molar-refractivity contribution >= 4 is 11.7 Å². The number of carbonyl (C=O) groups is 1. The second kappa shape index (κ2) is 6.46. The lowest BCUT2D eigenvalue weighted by molar-refractivity contribution is 0.102. The molecule has 2 N–H and O–H groups in total. The van der Waals surface area contributed by atoms with E-state index in [4.69, 9.17) is 0 Å². The minimum atomic E-state index is -0.491. The molecule has 0 spiro atoms. The highest BCUT2D eigenvalue weighted by atomic mass is 19.1. The van der Waals surface area contributed by atoms with Crippen molar-refractivity contribution in [3.05, 3.63) is 69.0 Å². The molecule has 1 aromatic carbocycles. The molecule has 2 heterocycles. The molecule has 0 atom stereocenters. The molecule has 0 unspecified atom stereocenters. The predicted octanol–water partition coefficient (Wildman–Crippen LogP) is 2.84. The minimum absolute atomic E-state index is 0.192. The molecule has 1 fully saturated rings. The smallest absolute Gasteiger partial charge is 0.256 e. The third-order valence-corrected chi connectivity index (χ3v) is 4.64. The highest BCUT2D eigenvalue weighted by Crippen LogP contribution is 2.40. The molecule has 27 heavy (non-hydrogen) atoms. The van der Waals surface area contributed by atoms with E-state index < -0.39 is 11.7 Å². The van der Waals surface area contributed by atoms with E-state index in [-0.39, 0.29) is 17.1 Å². The number of anilines is 1. The second-order valence-corrected chi connectivity index (χ2v) is 6.70. The summed E-state index contributed by atoms with van der Waals surface area (Å²) in [4.78, 5) is 31.7. The number of rotatable bonds is 4. The van der Waals surface area contributed by atoms with E-state index in [0.29, 0.717) is 23.0 Å². The quantitative estimate of drug-likeness (QED) is 0.742. The second-order valence-electron chi connectivity index (χ2n) is 6.70. The van der Waals surface area contributed by atoms with Crippen molar-refractivity contribution in [3.8, 4) is 5.95 Å². The van der Waals surface area contributed by atoms with E-state index in [9.17, 15) is 14.0 Å². The number of H-pyrrole nitrogens is 1. The lowest BCUT2D eigenvalue weighted by atomic mass is 10.2. The van der Waals surface area contributed by atoms with Gasteiger partial charge in [0.15, 0.2) is 0 Å². The Balaban J connectivity index is 1.74. The Labute approximate surface area is 154 Å². The third-order valence-electron chi connectivity index (χ3n) is 4.64. The number of benzene rings is 1. The van der Waals surface area contributed by atoms with E-state index in [1.165, 1.54) is 22.9 Å². The Morgan fingerprint density at radius 2 is 2.07 bits per heavy atom. The monoisotopic (exact) mass is 367 g/mol. The fourth-order valence-corrected chi connectivity index (χ4v) is 2.78. The maximum atomic E-state index is 13.4. The first-order valence-corrected chi connectivity index (χ1v) is 8.67. The van der Waals surface area contributed by atoms with Crippen molar-refractivity contribution in [2.45, 2.75) is 32.6 Å². The summed E-state index contributed by atoms with van der Waals surface area (Å²) in [5.74, 6) is -0.0180. The van der Waals surface area contributed by atoms with Crippen molar-refractivity contribution in [2.75, 3.05) is 5.32 Å². The molecule has 1 aliphatic carbocycles. The average Bonchev–Trinajstić information content (AvgIpc) is 3.40. The van der Waals surface area contributed by atoms with Gasteiger partial charge in [-0.15, -0.1) is 0 Å². The van der Waals surface area contributed by atoms with Gasteiger partial charge in [-0.1, -0.05) is 6.07 Å². The van der Waals surface area contributed by atoms with Crippen LogP contribution in [0.5, 0.6) is 0 Å². The summed E-state index contributed by atoms with van der Waals surface area (Å²) in [6.45, 7) is 3.43. The number of aromatic nitrogens is 4. The number of aromatic amines is 1. The number of aryl methyl sites for hydroxylation is 1. The molecular formula is C19H18FN5O2. The number of nitrogens with one attached hydrogen (secondary N) is 2. The van der Waals surface area contributed by atoms with Crippen LogP contribution in [-0.4, -0.2) is 25.7 Å². The van der Waals surface area contributed by atoms with Crippen molar-refractivity contribution in [1.82, 2.24) is 19.7 Å². The van der Waals surface area contributed by atoms with Gasteiger partial charge in [0.25, 0.3) is 11.5 Å². The minimum Gasteiger partial charge on any atom is -0.306 e. The van der Waals surface area contributed by atoms with Crippen LogP contribution in [0.3, 0.4) is 0 Å². The van der Waals surface area contributed by atoms with Gasteiger partial charge in [0.2, 0.25) is 5.95 Å². The number of halogens is 1. The number of nitrogens with zero attached hydrogens (tertiary/aromatic N) is 3. The molecule has 8 heteroatoms. The molecule has 138 valence electrons. The highest BCUT2D eigenvalue weighted by molar-refractivity contribution is 6.03. The van der Waals surface area contributed by atoms with Crippen LogP contribution in [0.4, 0.5) is 10.2 Å². The molecule has 0 aliphatic heterocycles. The third kappa shape index (κ3) is 3.38. The summed E-state index contributed by atoms with van der Waals surface area (Å²) in [6, 6.07) is 7.20. The summed E-state index contributed by atoms with van der Waals surface area (Å²) < 4.78 is 14.8. The van der Waals surface area contributed by atoms with Gasteiger partial charge in [0, 0.05) is 28.8 Å². The van der Waals surface area contributed by atoms with Gasteiger partial charge in [-0.25, -0.2) is 9.37 Å². The molecule has 0 radical (unpaired) electrons. The van der Waals surface area contributed by atoms with Gasteiger partial charge in [-0.2, -0.15) is 9.78 Å². The van der Waals surface area contributed by atoms with Crippen LogP contribution in [0.25, 0.3) is 5.95 Å². The van der Waals surface area contributed by atoms with Crippen molar-refractivity contribution < 1.29 is 9.18 Å². The molecule has 7 nitrogen and oxygen atoms in total. The largest absolute Gasteiger partial charge is 0.306 e.